The maximum atomic E-state index is 12.5. The molecule has 1 atom stereocenters. The number of amides is 1. The van der Waals surface area contributed by atoms with E-state index in [1.54, 1.807) is 31.2 Å². The highest BCUT2D eigenvalue weighted by molar-refractivity contribution is 7.92. The Morgan fingerprint density at radius 3 is 2.39 bits per heavy atom. The molecule has 2 aromatic carbocycles. The van der Waals surface area contributed by atoms with Crippen molar-refractivity contribution in [3.8, 4) is 11.6 Å². The Hall–Kier alpha value is -3.37. The van der Waals surface area contributed by atoms with Gasteiger partial charge in [0.15, 0.2) is 6.10 Å². The van der Waals surface area contributed by atoms with Gasteiger partial charge in [-0.25, -0.2) is 18.4 Å². The standard InChI is InChI=1S/C20H19ClN4O5S/c1-13(30-16-7-3-14(21)4-8-16)20(26)24-15-5-9-17(10-6-15)31(27,28)25-18-11-19(29-2)23-12-22-18/h3-13H,1-2H3,(H,24,26)(H,22,23,25). The number of ether oxygens (including phenoxy) is 2. The maximum absolute atomic E-state index is 12.5. The highest BCUT2D eigenvalue weighted by atomic mass is 35.5. The van der Waals surface area contributed by atoms with E-state index in [2.05, 4.69) is 20.0 Å². The average molecular weight is 463 g/mol. The predicted octanol–water partition coefficient (Wildman–Crippen LogP) is 3.35. The summed E-state index contributed by atoms with van der Waals surface area (Å²) in [6.07, 6.45) is 0.404. The van der Waals surface area contributed by atoms with Gasteiger partial charge in [0.05, 0.1) is 12.0 Å². The topological polar surface area (TPSA) is 120 Å². The van der Waals surface area contributed by atoms with Crippen LogP contribution in [0, 0.1) is 0 Å². The third kappa shape index (κ3) is 6.06. The number of hydrogen-bond acceptors (Lipinski definition) is 7. The number of anilines is 2. The van der Waals surface area contributed by atoms with Gasteiger partial charge in [-0.1, -0.05) is 11.6 Å². The Labute approximate surface area is 184 Å². The summed E-state index contributed by atoms with van der Waals surface area (Å²) < 4.78 is 37.9. The lowest BCUT2D eigenvalue weighted by Gasteiger charge is -2.15. The second-order valence-electron chi connectivity index (χ2n) is 6.28. The van der Waals surface area contributed by atoms with Crippen molar-refractivity contribution in [3.63, 3.8) is 0 Å². The fourth-order valence-electron chi connectivity index (χ4n) is 2.44. The van der Waals surface area contributed by atoms with Crippen molar-refractivity contribution in [1.82, 2.24) is 9.97 Å². The number of nitrogens with one attached hydrogen (secondary N) is 2. The number of nitrogens with zero attached hydrogens (tertiary/aromatic N) is 2. The van der Waals surface area contributed by atoms with Crippen LogP contribution in [-0.4, -0.2) is 37.5 Å². The highest BCUT2D eigenvalue weighted by Crippen LogP contribution is 2.20. The van der Waals surface area contributed by atoms with Crippen LogP contribution in [0.2, 0.25) is 5.02 Å². The third-order valence-electron chi connectivity index (χ3n) is 4.02. The van der Waals surface area contributed by atoms with Crippen LogP contribution in [-0.2, 0) is 14.8 Å². The summed E-state index contributed by atoms with van der Waals surface area (Å²) in [7, 11) is -2.48. The van der Waals surface area contributed by atoms with Gasteiger partial charge in [-0.05, 0) is 55.5 Å². The number of sulfonamides is 1. The highest BCUT2D eigenvalue weighted by Gasteiger charge is 2.18. The zero-order valence-corrected chi connectivity index (χ0v) is 18.1. The van der Waals surface area contributed by atoms with E-state index in [0.29, 0.717) is 16.5 Å². The first-order valence-electron chi connectivity index (χ1n) is 8.99. The quantitative estimate of drug-likeness (QED) is 0.526. The first kappa shape index (κ1) is 22.3. The van der Waals surface area contributed by atoms with Gasteiger partial charge >= 0.3 is 0 Å². The monoisotopic (exact) mass is 462 g/mol. The molecule has 11 heteroatoms. The lowest BCUT2D eigenvalue weighted by molar-refractivity contribution is -0.122. The zero-order chi connectivity index (χ0) is 22.4. The van der Waals surface area contributed by atoms with Crippen molar-refractivity contribution in [2.75, 3.05) is 17.1 Å². The minimum atomic E-state index is -3.89. The summed E-state index contributed by atoms with van der Waals surface area (Å²) in [5.41, 5.74) is 0.416. The van der Waals surface area contributed by atoms with Crippen LogP contribution in [0.4, 0.5) is 11.5 Å². The SMILES string of the molecule is COc1cc(NS(=O)(=O)c2ccc(NC(=O)C(C)Oc3ccc(Cl)cc3)cc2)ncn1. The molecule has 31 heavy (non-hydrogen) atoms. The van der Waals surface area contributed by atoms with E-state index in [-0.39, 0.29) is 16.6 Å². The van der Waals surface area contributed by atoms with E-state index in [1.807, 2.05) is 0 Å². The van der Waals surface area contributed by atoms with Crippen molar-refractivity contribution < 1.29 is 22.7 Å². The van der Waals surface area contributed by atoms with Crippen molar-refractivity contribution in [1.29, 1.82) is 0 Å². The number of halogens is 1. The molecular weight excluding hydrogens is 444 g/mol. The average Bonchev–Trinajstić information content (AvgIpc) is 2.75. The third-order valence-corrected chi connectivity index (χ3v) is 5.64. The summed E-state index contributed by atoms with van der Waals surface area (Å²) in [6.45, 7) is 1.60. The zero-order valence-electron chi connectivity index (χ0n) is 16.6. The van der Waals surface area contributed by atoms with E-state index < -0.39 is 22.0 Å². The van der Waals surface area contributed by atoms with E-state index in [9.17, 15) is 13.2 Å². The van der Waals surface area contributed by atoms with Gasteiger partial charge in [0, 0.05) is 16.8 Å². The van der Waals surface area contributed by atoms with Gasteiger partial charge in [-0.2, -0.15) is 0 Å². The number of aromatic nitrogens is 2. The molecule has 1 aromatic heterocycles. The van der Waals surface area contributed by atoms with Crippen molar-refractivity contribution in [2.45, 2.75) is 17.9 Å². The van der Waals surface area contributed by atoms with Crippen LogP contribution in [0.15, 0.2) is 65.8 Å². The van der Waals surface area contributed by atoms with Gasteiger partial charge in [0.2, 0.25) is 5.88 Å². The van der Waals surface area contributed by atoms with E-state index in [0.717, 1.165) is 0 Å². The molecule has 3 aromatic rings. The molecule has 0 fully saturated rings. The predicted molar refractivity (Wildman–Crippen MR) is 116 cm³/mol. The largest absolute Gasteiger partial charge is 0.481 e. The van der Waals surface area contributed by atoms with Crippen LogP contribution in [0.3, 0.4) is 0 Å². The Bertz CT molecular complexity index is 1150. The normalized spacial score (nSPS) is 12.0. The lowest BCUT2D eigenvalue weighted by atomic mass is 10.3. The molecule has 0 aliphatic rings. The molecule has 1 amide bonds. The van der Waals surface area contributed by atoms with E-state index in [4.69, 9.17) is 21.1 Å². The van der Waals surface area contributed by atoms with Gasteiger partial charge in [0.1, 0.15) is 17.9 Å². The molecule has 0 aliphatic heterocycles. The molecule has 0 saturated heterocycles. The Morgan fingerprint density at radius 1 is 1.06 bits per heavy atom. The molecular formula is C20H19ClN4O5S. The molecule has 1 unspecified atom stereocenters. The number of methoxy groups -OCH3 is 1. The number of rotatable bonds is 8. The Kier molecular flexibility index (Phi) is 6.93. The minimum Gasteiger partial charge on any atom is -0.481 e. The molecule has 0 saturated carbocycles. The van der Waals surface area contributed by atoms with Crippen LogP contribution < -0.4 is 19.5 Å². The van der Waals surface area contributed by atoms with E-state index >= 15 is 0 Å². The van der Waals surface area contributed by atoms with Crippen LogP contribution in [0.1, 0.15) is 6.92 Å². The molecule has 0 radical (unpaired) electrons. The molecule has 0 spiro atoms. The molecule has 162 valence electrons. The number of carbonyl (C=O) groups is 1. The number of hydrogen-bond donors (Lipinski definition) is 2. The fraction of sp³-hybridized carbons (Fsp3) is 0.150. The summed E-state index contributed by atoms with van der Waals surface area (Å²) in [5.74, 6) is 0.399. The molecule has 0 aliphatic carbocycles. The van der Waals surface area contributed by atoms with Gasteiger partial charge in [0.25, 0.3) is 15.9 Å². The molecule has 9 nitrogen and oxygen atoms in total. The number of carbonyl (C=O) groups excluding carboxylic acids is 1. The Balaban J connectivity index is 1.63. The first-order valence-corrected chi connectivity index (χ1v) is 10.8. The van der Waals surface area contributed by atoms with Crippen molar-refractivity contribution >= 4 is 39.0 Å². The second-order valence-corrected chi connectivity index (χ2v) is 8.40. The van der Waals surface area contributed by atoms with Crippen LogP contribution in [0.25, 0.3) is 0 Å². The second kappa shape index (κ2) is 9.63. The summed E-state index contributed by atoms with van der Waals surface area (Å²) >= 11 is 5.83. The molecule has 2 N–H and O–H groups in total. The lowest BCUT2D eigenvalue weighted by Crippen LogP contribution is -2.30. The smallest absolute Gasteiger partial charge is 0.265 e. The Morgan fingerprint density at radius 2 is 1.74 bits per heavy atom. The van der Waals surface area contributed by atoms with Gasteiger partial charge in [-0.3, -0.25) is 9.52 Å². The van der Waals surface area contributed by atoms with Gasteiger partial charge < -0.3 is 14.8 Å². The molecule has 1 heterocycles. The maximum Gasteiger partial charge on any atom is 0.265 e. The summed E-state index contributed by atoms with van der Waals surface area (Å²) in [4.78, 5) is 20.0. The van der Waals surface area contributed by atoms with E-state index in [1.165, 1.54) is 43.8 Å². The van der Waals surface area contributed by atoms with Crippen molar-refractivity contribution in [3.05, 3.63) is 65.9 Å². The van der Waals surface area contributed by atoms with Gasteiger partial charge in [-0.15, -0.1) is 0 Å². The minimum absolute atomic E-state index is 0.00598. The van der Waals surface area contributed by atoms with Crippen molar-refractivity contribution in [2.24, 2.45) is 0 Å². The summed E-state index contributed by atoms with van der Waals surface area (Å²) in [5, 5.41) is 3.24. The summed E-state index contributed by atoms with van der Waals surface area (Å²) in [6, 6.07) is 13.7. The van der Waals surface area contributed by atoms with Crippen LogP contribution >= 0.6 is 11.6 Å². The number of benzene rings is 2. The molecule has 0 bridgehead atoms. The molecule has 3 rings (SSSR count). The first-order chi connectivity index (χ1) is 14.8. The van der Waals surface area contributed by atoms with Crippen LogP contribution in [0.5, 0.6) is 11.6 Å². The fourth-order valence-corrected chi connectivity index (χ4v) is 3.56.